The highest BCUT2D eigenvalue weighted by Gasteiger charge is 2.26. The van der Waals surface area contributed by atoms with Gasteiger partial charge >= 0.3 is 5.97 Å². The fourth-order valence-corrected chi connectivity index (χ4v) is 3.31. The second-order valence-electron chi connectivity index (χ2n) is 7.48. The first-order chi connectivity index (χ1) is 16.2. The van der Waals surface area contributed by atoms with Crippen LogP contribution in [0.4, 0.5) is 11.4 Å². The highest BCUT2D eigenvalue weighted by Crippen LogP contribution is 2.27. The molecule has 34 heavy (non-hydrogen) atoms. The minimum Gasteiger partial charge on any atom is -0.449 e. The fourth-order valence-electron chi connectivity index (χ4n) is 3.18. The molecule has 9 heteroatoms. The van der Waals surface area contributed by atoms with Gasteiger partial charge in [-0.05, 0) is 30.7 Å². The molecule has 3 rings (SSSR count). The summed E-state index contributed by atoms with van der Waals surface area (Å²) in [5, 5.41) is 14.1. The van der Waals surface area contributed by atoms with Gasteiger partial charge in [-0.1, -0.05) is 60.1 Å². The Hall–Kier alpha value is -4.04. The summed E-state index contributed by atoms with van der Waals surface area (Å²) >= 11 is 5.93. The first-order valence-electron chi connectivity index (χ1n) is 10.3. The van der Waals surface area contributed by atoms with Crippen LogP contribution in [0.15, 0.2) is 72.8 Å². The van der Waals surface area contributed by atoms with Gasteiger partial charge in [0.2, 0.25) is 11.7 Å². The zero-order valence-corrected chi connectivity index (χ0v) is 19.0. The number of nitrogens with zero attached hydrogens (tertiary/aromatic N) is 1. The lowest BCUT2D eigenvalue weighted by molar-refractivity contribution is -0.384. The maximum atomic E-state index is 13.0. The number of amides is 1. The van der Waals surface area contributed by atoms with E-state index in [9.17, 15) is 24.5 Å². The maximum absolute atomic E-state index is 13.0. The number of carbonyl (C=O) groups excluding carboxylic acids is 3. The monoisotopic (exact) mass is 480 g/mol. The van der Waals surface area contributed by atoms with E-state index in [1.807, 2.05) is 0 Å². The molecule has 0 saturated heterocycles. The van der Waals surface area contributed by atoms with Crippen LogP contribution in [0.3, 0.4) is 0 Å². The number of esters is 1. The van der Waals surface area contributed by atoms with Crippen LogP contribution in [-0.4, -0.2) is 22.6 Å². The number of hydrogen-bond donors (Lipinski definition) is 1. The van der Waals surface area contributed by atoms with Crippen LogP contribution in [0.2, 0.25) is 5.02 Å². The molecule has 0 saturated carbocycles. The van der Waals surface area contributed by atoms with Crippen LogP contribution in [-0.2, 0) is 14.3 Å². The number of halogens is 1. The van der Waals surface area contributed by atoms with E-state index in [4.69, 9.17) is 16.3 Å². The van der Waals surface area contributed by atoms with Gasteiger partial charge in [-0.2, -0.15) is 0 Å². The van der Waals surface area contributed by atoms with Crippen molar-refractivity contribution in [2.45, 2.75) is 25.9 Å². The SMILES string of the molecule is Cc1ccc(NC(=O)CCC(=O)O[C@@H](C(=O)c2ccccc2)c2ccc(Cl)cc2)c([N+](=O)[O-])c1. The number of ketones is 1. The quantitative estimate of drug-likeness (QED) is 0.188. The highest BCUT2D eigenvalue weighted by atomic mass is 35.5. The summed E-state index contributed by atoms with van der Waals surface area (Å²) in [6, 6.07) is 19.1. The largest absolute Gasteiger partial charge is 0.449 e. The lowest BCUT2D eigenvalue weighted by atomic mass is 10.00. The number of Topliss-reactive ketones (excluding diaryl/α,β-unsaturated/α-hetero) is 1. The molecule has 1 amide bonds. The van der Waals surface area contributed by atoms with E-state index >= 15 is 0 Å². The van der Waals surface area contributed by atoms with Crippen molar-refractivity contribution >= 4 is 40.6 Å². The molecule has 0 fully saturated rings. The zero-order chi connectivity index (χ0) is 24.7. The van der Waals surface area contributed by atoms with Crippen molar-refractivity contribution in [3.05, 3.63) is 105 Å². The van der Waals surface area contributed by atoms with Gasteiger partial charge in [0.05, 0.1) is 11.3 Å². The molecule has 0 bridgehead atoms. The Labute approximate surface area is 200 Å². The normalized spacial score (nSPS) is 11.4. The van der Waals surface area contributed by atoms with Crippen molar-refractivity contribution in [3.63, 3.8) is 0 Å². The zero-order valence-electron chi connectivity index (χ0n) is 18.2. The molecule has 0 heterocycles. The fraction of sp³-hybridized carbons (Fsp3) is 0.160. The lowest BCUT2D eigenvalue weighted by Crippen LogP contribution is -2.21. The van der Waals surface area contributed by atoms with Gasteiger partial charge in [-0.3, -0.25) is 24.5 Å². The van der Waals surface area contributed by atoms with Crippen molar-refractivity contribution in [2.75, 3.05) is 5.32 Å². The van der Waals surface area contributed by atoms with Gasteiger partial charge in [0.15, 0.2) is 6.10 Å². The van der Waals surface area contributed by atoms with Crippen molar-refractivity contribution in [1.29, 1.82) is 0 Å². The number of rotatable bonds is 9. The molecule has 1 atom stereocenters. The number of ether oxygens (including phenoxy) is 1. The number of benzene rings is 3. The highest BCUT2D eigenvalue weighted by molar-refractivity contribution is 6.30. The molecule has 3 aromatic rings. The van der Waals surface area contributed by atoms with Crippen LogP contribution in [0.1, 0.15) is 40.4 Å². The van der Waals surface area contributed by atoms with Crippen molar-refractivity contribution in [3.8, 4) is 0 Å². The average molecular weight is 481 g/mol. The Morgan fingerprint density at radius 3 is 2.32 bits per heavy atom. The van der Waals surface area contributed by atoms with E-state index in [2.05, 4.69) is 5.32 Å². The predicted octanol–water partition coefficient (Wildman–Crippen LogP) is 5.44. The summed E-state index contributed by atoms with van der Waals surface area (Å²) in [6.07, 6.45) is -1.82. The van der Waals surface area contributed by atoms with E-state index < -0.39 is 28.7 Å². The minimum absolute atomic E-state index is 0.0345. The molecule has 0 aliphatic heterocycles. The summed E-state index contributed by atoms with van der Waals surface area (Å²) in [7, 11) is 0. The van der Waals surface area contributed by atoms with Gasteiger partial charge in [0.25, 0.3) is 5.69 Å². The number of nitro groups is 1. The summed E-state index contributed by atoms with van der Waals surface area (Å²) in [4.78, 5) is 48.5. The maximum Gasteiger partial charge on any atom is 0.307 e. The van der Waals surface area contributed by atoms with Gasteiger partial charge in [0, 0.05) is 28.6 Å². The predicted molar refractivity (Wildman–Crippen MR) is 127 cm³/mol. The first kappa shape index (κ1) is 24.6. The van der Waals surface area contributed by atoms with Crippen molar-refractivity contribution in [2.24, 2.45) is 0 Å². The van der Waals surface area contributed by atoms with E-state index in [-0.39, 0.29) is 24.2 Å². The Morgan fingerprint density at radius 2 is 1.68 bits per heavy atom. The summed E-state index contributed by atoms with van der Waals surface area (Å²) in [6.45, 7) is 1.70. The number of nitrogens with one attached hydrogen (secondary N) is 1. The number of hydrogen-bond acceptors (Lipinski definition) is 6. The van der Waals surface area contributed by atoms with Crippen molar-refractivity contribution in [1.82, 2.24) is 0 Å². The van der Waals surface area contributed by atoms with Gasteiger partial charge < -0.3 is 10.1 Å². The van der Waals surface area contributed by atoms with Crippen LogP contribution in [0, 0.1) is 17.0 Å². The molecule has 8 nitrogen and oxygen atoms in total. The molecular weight excluding hydrogens is 460 g/mol. The van der Waals surface area contributed by atoms with Crippen LogP contribution in [0.5, 0.6) is 0 Å². The molecule has 174 valence electrons. The Morgan fingerprint density at radius 1 is 1.00 bits per heavy atom. The third kappa shape index (κ3) is 6.49. The first-order valence-corrected chi connectivity index (χ1v) is 10.7. The Kier molecular flexibility index (Phi) is 8.10. The average Bonchev–Trinajstić information content (AvgIpc) is 2.83. The summed E-state index contributed by atoms with van der Waals surface area (Å²) in [5.41, 5.74) is 1.26. The molecule has 0 aliphatic rings. The van der Waals surface area contributed by atoms with Crippen LogP contribution >= 0.6 is 11.6 Å². The van der Waals surface area contributed by atoms with Crippen molar-refractivity contribution < 1.29 is 24.0 Å². The smallest absolute Gasteiger partial charge is 0.307 e. The third-order valence-corrected chi connectivity index (χ3v) is 5.15. The third-order valence-electron chi connectivity index (χ3n) is 4.90. The second-order valence-corrected chi connectivity index (χ2v) is 7.91. The van der Waals surface area contributed by atoms with E-state index in [1.165, 1.54) is 12.1 Å². The summed E-state index contributed by atoms with van der Waals surface area (Å²) in [5.74, 6) is -1.78. The molecule has 0 aliphatic carbocycles. The topological polar surface area (TPSA) is 116 Å². The van der Waals surface area contributed by atoms with Crippen LogP contribution < -0.4 is 5.32 Å². The number of anilines is 1. The lowest BCUT2D eigenvalue weighted by Gasteiger charge is -2.17. The molecule has 1 N–H and O–H groups in total. The van der Waals surface area contributed by atoms with Crippen LogP contribution in [0.25, 0.3) is 0 Å². The number of carbonyl (C=O) groups is 3. The van der Waals surface area contributed by atoms with E-state index in [1.54, 1.807) is 67.6 Å². The number of aryl methyl sites for hydroxylation is 1. The molecule has 0 unspecified atom stereocenters. The van der Waals surface area contributed by atoms with E-state index in [0.717, 1.165) is 0 Å². The second kappa shape index (κ2) is 11.2. The molecule has 0 spiro atoms. The summed E-state index contributed by atoms with van der Waals surface area (Å²) < 4.78 is 5.45. The minimum atomic E-state index is -1.21. The molecule has 3 aromatic carbocycles. The van der Waals surface area contributed by atoms with E-state index in [0.29, 0.717) is 21.7 Å². The molecular formula is C25H21ClN2O6. The standard InChI is InChI=1S/C25H21ClN2O6/c1-16-7-12-20(21(15-16)28(32)33)27-22(29)13-14-23(30)34-25(18-8-10-19(26)11-9-18)24(31)17-5-3-2-4-6-17/h2-12,15,25H,13-14H2,1H3,(H,27,29)/t25-/m1/s1. The number of nitro benzene ring substituents is 1. The Balaban J connectivity index is 1.68. The van der Waals surface area contributed by atoms with Gasteiger partial charge in [-0.25, -0.2) is 0 Å². The molecule has 0 radical (unpaired) electrons. The van der Waals surface area contributed by atoms with Gasteiger partial charge in [0.1, 0.15) is 5.69 Å². The Bertz CT molecular complexity index is 1210. The molecule has 0 aromatic heterocycles. The van der Waals surface area contributed by atoms with Gasteiger partial charge in [-0.15, -0.1) is 0 Å².